The summed E-state index contributed by atoms with van der Waals surface area (Å²) in [6.07, 6.45) is 4.04. The van der Waals surface area contributed by atoms with Gasteiger partial charge in [0.15, 0.2) is 0 Å². The second-order valence-corrected chi connectivity index (χ2v) is 9.46. The molecule has 0 atom stereocenters. The van der Waals surface area contributed by atoms with Crippen molar-refractivity contribution in [3.8, 4) is 22.4 Å². The summed E-state index contributed by atoms with van der Waals surface area (Å²) < 4.78 is 15.3. The van der Waals surface area contributed by atoms with E-state index in [2.05, 4.69) is 33.9 Å². The molecule has 3 heterocycles. The van der Waals surface area contributed by atoms with Crippen LogP contribution in [0.1, 0.15) is 41.5 Å². The summed E-state index contributed by atoms with van der Waals surface area (Å²) in [5.41, 5.74) is 10.4. The highest BCUT2D eigenvalue weighted by atomic mass is 19.1. The molecule has 3 aromatic rings. The van der Waals surface area contributed by atoms with E-state index in [4.69, 9.17) is 5.73 Å². The highest BCUT2D eigenvalue weighted by Gasteiger charge is 2.26. The zero-order valence-corrected chi connectivity index (χ0v) is 20.9. The number of nitrogen functional groups attached to an aromatic ring is 1. The number of carbonyl (C=O) groups excluding carboxylic acids is 1. The van der Waals surface area contributed by atoms with Crippen molar-refractivity contribution in [1.29, 1.82) is 0 Å². The van der Waals surface area contributed by atoms with E-state index in [1.807, 2.05) is 19.9 Å². The van der Waals surface area contributed by atoms with E-state index in [9.17, 15) is 4.79 Å². The lowest BCUT2D eigenvalue weighted by atomic mass is 9.94. The molecular weight excluding hydrogens is 443 g/mol. The lowest BCUT2D eigenvalue weighted by Gasteiger charge is -2.33. The normalized spacial score (nSPS) is 14.5. The number of aromatic nitrogens is 3. The van der Waals surface area contributed by atoms with Crippen LogP contribution in [-0.4, -0.2) is 64.4 Å². The SMILES string of the molecule is CCc1ncnc(-c2ccc(C(=O)N3CCC(CN(C)C)CC3)c(F)c2)c1-c1ccc(N)nc1C. The van der Waals surface area contributed by atoms with Crippen molar-refractivity contribution < 1.29 is 9.18 Å². The van der Waals surface area contributed by atoms with Gasteiger partial charge in [0.05, 0.1) is 17.0 Å². The Balaban J connectivity index is 1.64. The number of carbonyl (C=O) groups is 1. The second-order valence-electron chi connectivity index (χ2n) is 9.46. The van der Waals surface area contributed by atoms with Crippen molar-refractivity contribution in [3.63, 3.8) is 0 Å². The summed E-state index contributed by atoms with van der Waals surface area (Å²) in [4.78, 5) is 30.4. The monoisotopic (exact) mass is 476 g/mol. The second kappa shape index (κ2) is 10.5. The van der Waals surface area contributed by atoms with Crippen LogP contribution in [-0.2, 0) is 6.42 Å². The highest BCUT2D eigenvalue weighted by Crippen LogP contribution is 2.35. The van der Waals surface area contributed by atoms with Gasteiger partial charge in [0, 0.05) is 42.0 Å². The number of piperidine rings is 1. The van der Waals surface area contributed by atoms with Gasteiger partial charge in [0.2, 0.25) is 0 Å². The molecule has 1 aliphatic rings. The maximum Gasteiger partial charge on any atom is 0.256 e. The van der Waals surface area contributed by atoms with Crippen LogP contribution in [0.25, 0.3) is 22.4 Å². The molecule has 1 saturated heterocycles. The van der Waals surface area contributed by atoms with Crippen molar-refractivity contribution in [2.75, 3.05) is 39.5 Å². The fraction of sp³-hybridized carbons (Fsp3) is 0.407. The Morgan fingerprint density at radius 2 is 1.91 bits per heavy atom. The summed E-state index contributed by atoms with van der Waals surface area (Å²) in [6.45, 7) is 6.20. The first-order chi connectivity index (χ1) is 16.8. The van der Waals surface area contributed by atoms with Gasteiger partial charge in [0.1, 0.15) is 18.0 Å². The van der Waals surface area contributed by atoms with Gasteiger partial charge in [-0.05, 0) is 70.5 Å². The van der Waals surface area contributed by atoms with E-state index < -0.39 is 5.82 Å². The molecule has 1 amide bonds. The lowest BCUT2D eigenvalue weighted by Crippen LogP contribution is -2.40. The average Bonchev–Trinajstić information content (AvgIpc) is 2.83. The van der Waals surface area contributed by atoms with E-state index >= 15 is 4.39 Å². The standard InChI is InChI=1S/C27H33FN6O/c1-5-23-25(20-8-9-24(29)32-17(20)2)26(31-16-30-23)19-6-7-21(22(28)14-19)27(35)34-12-10-18(11-13-34)15-33(3)4/h6-9,14,16,18H,5,10-13,15H2,1-4H3,(H2,29,32). The molecule has 0 saturated carbocycles. The Morgan fingerprint density at radius 3 is 2.54 bits per heavy atom. The average molecular weight is 477 g/mol. The van der Waals surface area contributed by atoms with E-state index in [1.165, 1.54) is 12.4 Å². The quantitative estimate of drug-likeness (QED) is 0.573. The van der Waals surface area contributed by atoms with Crippen molar-refractivity contribution in [2.45, 2.75) is 33.1 Å². The molecule has 0 bridgehead atoms. The molecule has 4 rings (SSSR count). The zero-order valence-electron chi connectivity index (χ0n) is 20.9. The van der Waals surface area contributed by atoms with E-state index in [0.717, 1.165) is 41.9 Å². The minimum Gasteiger partial charge on any atom is -0.384 e. The number of hydrogen-bond acceptors (Lipinski definition) is 6. The number of anilines is 1. The highest BCUT2D eigenvalue weighted by molar-refractivity contribution is 5.95. The number of aryl methyl sites for hydroxylation is 2. The van der Waals surface area contributed by atoms with Crippen LogP contribution in [0.3, 0.4) is 0 Å². The Kier molecular flexibility index (Phi) is 7.40. The number of nitrogens with two attached hydrogens (primary N) is 1. The first-order valence-corrected chi connectivity index (χ1v) is 12.1. The molecular formula is C27H33FN6O. The third kappa shape index (κ3) is 5.32. The predicted molar refractivity (Wildman–Crippen MR) is 136 cm³/mol. The smallest absolute Gasteiger partial charge is 0.256 e. The van der Waals surface area contributed by atoms with E-state index in [1.54, 1.807) is 23.1 Å². The molecule has 1 aliphatic heterocycles. The van der Waals surface area contributed by atoms with Gasteiger partial charge in [-0.1, -0.05) is 13.0 Å². The molecule has 0 spiro atoms. The Morgan fingerprint density at radius 1 is 1.17 bits per heavy atom. The van der Waals surface area contributed by atoms with Gasteiger partial charge in [-0.25, -0.2) is 19.3 Å². The maximum absolute atomic E-state index is 15.3. The van der Waals surface area contributed by atoms with Crippen molar-refractivity contribution >= 4 is 11.7 Å². The van der Waals surface area contributed by atoms with Gasteiger partial charge in [-0.15, -0.1) is 0 Å². The molecule has 1 fully saturated rings. The van der Waals surface area contributed by atoms with Crippen LogP contribution < -0.4 is 5.73 Å². The number of hydrogen-bond donors (Lipinski definition) is 1. The van der Waals surface area contributed by atoms with Crippen molar-refractivity contribution in [1.82, 2.24) is 24.8 Å². The van der Waals surface area contributed by atoms with Crippen molar-refractivity contribution in [2.24, 2.45) is 5.92 Å². The van der Waals surface area contributed by atoms with Crippen LogP contribution in [0, 0.1) is 18.7 Å². The summed E-state index contributed by atoms with van der Waals surface area (Å²) in [5, 5.41) is 0. The number of pyridine rings is 1. The largest absolute Gasteiger partial charge is 0.384 e. The molecule has 184 valence electrons. The van der Waals surface area contributed by atoms with E-state index in [-0.39, 0.29) is 11.5 Å². The summed E-state index contributed by atoms with van der Waals surface area (Å²) >= 11 is 0. The van der Waals surface area contributed by atoms with Gasteiger partial charge in [-0.2, -0.15) is 0 Å². The zero-order chi connectivity index (χ0) is 25.1. The third-order valence-corrected chi connectivity index (χ3v) is 6.64. The number of amides is 1. The van der Waals surface area contributed by atoms with Gasteiger partial charge >= 0.3 is 0 Å². The molecule has 35 heavy (non-hydrogen) atoms. The Labute approximate surface area is 206 Å². The van der Waals surface area contributed by atoms with Crippen LogP contribution in [0.2, 0.25) is 0 Å². The maximum atomic E-state index is 15.3. The van der Waals surface area contributed by atoms with Crippen LogP contribution in [0.15, 0.2) is 36.7 Å². The molecule has 0 unspecified atom stereocenters. The fourth-order valence-corrected chi connectivity index (χ4v) is 4.88. The van der Waals surface area contributed by atoms with E-state index in [0.29, 0.717) is 42.5 Å². The molecule has 8 heteroatoms. The number of likely N-dealkylation sites (tertiary alicyclic amines) is 1. The van der Waals surface area contributed by atoms with Crippen LogP contribution in [0.4, 0.5) is 10.2 Å². The third-order valence-electron chi connectivity index (χ3n) is 6.64. The molecule has 0 aliphatic carbocycles. The summed E-state index contributed by atoms with van der Waals surface area (Å²) in [5.74, 6) is 0.199. The number of rotatable bonds is 6. The van der Waals surface area contributed by atoms with Crippen LogP contribution in [0.5, 0.6) is 0 Å². The lowest BCUT2D eigenvalue weighted by molar-refractivity contribution is 0.0673. The van der Waals surface area contributed by atoms with Gasteiger partial charge in [0.25, 0.3) is 5.91 Å². The first-order valence-electron chi connectivity index (χ1n) is 12.1. The van der Waals surface area contributed by atoms with Gasteiger partial charge in [-0.3, -0.25) is 4.79 Å². The molecule has 0 radical (unpaired) electrons. The molecule has 2 aromatic heterocycles. The van der Waals surface area contributed by atoms with Gasteiger partial charge < -0.3 is 15.5 Å². The summed E-state index contributed by atoms with van der Waals surface area (Å²) in [6, 6.07) is 8.37. The Hall–Kier alpha value is -3.39. The first kappa shape index (κ1) is 24.7. The molecule has 1 aromatic carbocycles. The Bertz CT molecular complexity index is 1220. The minimum absolute atomic E-state index is 0.0939. The molecule has 2 N–H and O–H groups in total. The number of benzene rings is 1. The number of halogens is 1. The summed E-state index contributed by atoms with van der Waals surface area (Å²) in [7, 11) is 4.12. The van der Waals surface area contributed by atoms with Crippen LogP contribution >= 0.6 is 0 Å². The predicted octanol–water partition coefficient (Wildman–Crippen LogP) is 4.21. The minimum atomic E-state index is -0.544. The number of nitrogens with zero attached hydrogens (tertiary/aromatic N) is 5. The topological polar surface area (TPSA) is 88.2 Å². The fourth-order valence-electron chi connectivity index (χ4n) is 4.88. The van der Waals surface area contributed by atoms with Crippen molar-refractivity contribution in [3.05, 3.63) is 59.4 Å². The molecule has 7 nitrogen and oxygen atoms in total.